The summed E-state index contributed by atoms with van der Waals surface area (Å²) in [5.74, 6) is 0. The predicted octanol–water partition coefficient (Wildman–Crippen LogP) is 3.05. The number of hydrogen-bond acceptors (Lipinski definition) is 3. The molecule has 2 aromatic carbocycles. The lowest BCUT2D eigenvalue weighted by Crippen LogP contribution is -1.96. The fraction of sp³-hybridized carbons (Fsp3) is 0.0769. The standard InChI is InChI=1S/C13H15N3/c1-15-10-5-4-6-11(9-10)16-13-8-3-2-7-12(13)14/h2-9,15-16H,14H2,1H3. The third kappa shape index (κ3) is 2.25. The van der Waals surface area contributed by atoms with E-state index in [0.717, 1.165) is 22.7 Å². The SMILES string of the molecule is CNc1cccc(Nc2ccccc2N)c1. The van der Waals surface area contributed by atoms with Crippen molar-refractivity contribution < 1.29 is 0 Å². The number of rotatable bonds is 3. The topological polar surface area (TPSA) is 50.1 Å². The lowest BCUT2D eigenvalue weighted by molar-refractivity contribution is 1.49. The van der Waals surface area contributed by atoms with Crippen LogP contribution in [0.4, 0.5) is 22.7 Å². The van der Waals surface area contributed by atoms with Crippen LogP contribution < -0.4 is 16.4 Å². The summed E-state index contributed by atoms with van der Waals surface area (Å²) in [7, 11) is 1.90. The minimum absolute atomic E-state index is 0.748. The van der Waals surface area contributed by atoms with Crippen LogP contribution in [0.3, 0.4) is 0 Å². The molecule has 4 N–H and O–H groups in total. The van der Waals surface area contributed by atoms with E-state index < -0.39 is 0 Å². The summed E-state index contributed by atoms with van der Waals surface area (Å²) in [6, 6.07) is 15.8. The van der Waals surface area contributed by atoms with Crippen LogP contribution in [-0.4, -0.2) is 7.05 Å². The first kappa shape index (κ1) is 10.4. The third-order valence-corrected chi connectivity index (χ3v) is 2.39. The number of nitrogens with one attached hydrogen (secondary N) is 2. The lowest BCUT2D eigenvalue weighted by Gasteiger charge is -2.10. The lowest BCUT2D eigenvalue weighted by atomic mass is 10.2. The fourth-order valence-electron chi connectivity index (χ4n) is 1.52. The molecule has 0 heterocycles. The van der Waals surface area contributed by atoms with Gasteiger partial charge in [0.15, 0.2) is 0 Å². The van der Waals surface area contributed by atoms with Crippen molar-refractivity contribution in [2.45, 2.75) is 0 Å². The highest BCUT2D eigenvalue weighted by Crippen LogP contribution is 2.23. The molecule has 0 saturated heterocycles. The van der Waals surface area contributed by atoms with Gasteiger partial charge in [-0.3, -0.25) is 0 Å². The van der Waals surface area contributed by atoms with Crippen molar-refractivity contribution in [1.29, 1.82) is 0 Å². The van der Waals surface area contributed by atoms with E-state index in [9.17, 15) is 0 Å². The molecule has 2 rings (SSSR count). The Kier molecular flexibility index (Phi) is 2.96. The van der Waals surface area contributed by atoms with Crippen LogP contribution >= 0.6 is 0 Å². The number of nitrogen functional groups attached to an aromatic ring is 1. The second-order valence-electron chi connectivity index (χ2n) is 3.54. The zero-order valence-corrected chi connectivity index (χ0v) is 9.20. The van der Waals surface area contributed by atoms with Crippen LogP contribution in [0.2, 0.25) is 0 Å². The molecule has 3 nitrogen and oxygen atoms in total. The molecule has 0 fully saturated rings. The molecule has 0 spiro atoms. The van der Waals surface area contributed by atoms with Crippen molar-refractivity contribution in [3.05, 3.63) is 48.5 Å². The van der Waals surface area contributed by atoms with E-state index in [4.69, 9.17) is 5.73 Å². The van der Waals surface area contributed by atoms with E-state index in [1.54, 1.807) is 0 Å². The molecule has 0 radical (unpaired) electrons. The predicted molar refractivity (Wildman–Crippen MR) is 70.1 cm³/mol. The van der Waals surface area contributed by atoms with E-state index in [-0.39, 0.29) is 0 Å². The Morgan fingerprint density at radius 1 is 0.938 bits per heavy atom. The second-order valence-corrected chi connectivity index (χ2v) is 3.54. The Morgan fingerprint density at radius 3 is 2.44 bits per heavy atom. The molecule has 0 aliphatic rings. The van der Waals surface area contributed by atoms with E-state index >= 15 is 0 Å². The van der Waals surface area contributed by atoms with E-state index in [0.29, 0.717) is 0 Å². The minimum Gasteiger partial charge on any atom is -0.397 e. The van der Waals surface area contributed by atoms with Crippen molar-refractivity contribution in [3.8, 4) is 0 Å². The second kappa shape index (κ2) is 4.57. The molecule has 82 valence electrons. The Balaban J connectivity index is 2.24. The van der Waals surface area contributed by atoms with Crippen LogP contribution in [0.5, 0.6) is 0 Å². The molecule has 0 bridgehead atoms. The van der Waals surface area contributed by atoms with Gasteiger partial charge < -0.3 is 16.4 Å². The third-order valence-electron chi connectivity index (χ3n) is 2.39. The van der Waals surface area contributed by atoms with Gasteiger partial charge in [-0.1, -0.05) is 18.2 Å². The molecule has 0 atom stereocenters. The molecule has 2 aromatic rings. The Labute approximate surface area is 95.3 Å². The van der Waals surface area contributed by atoms with Gasteiger partial charge in [0.25, 0.3) is 0 Å². The summed E-state index contributed by atoms with van der Waals surface area (Å²) < 4.78 is 0. The van der Waals surface area contributed by atoms with Crippen molar-refractivity contribution in [3.63, 3.8) is 0 Å². The largest absolute Gasteiger partial charge is 0.397 e. The normalized spacial score (nSPS) is 9.81. The molecule has 0 unspecified atom stereocenters. The number of anilines is 4. The number of benzene rings is 2. The average Bonchev–Trinajstić information content (AvgIpc) is 2.32. The first-order chi connectivity index (χ1) is 7.79. The van der Waals surface area contributed by atoms with Gasteiger partial charge in [-0.05, 0) is 30.3 Å². The molecule has 0 aliphatic heterocycles. The van der Waals surface area contributed by atoms with E-state index in [1.807, 2.05) is 55.6 Å². The number of hydrogen-bond donors (Lipinski definition) is 3. The molecular weight excluding hydrogens is 198 g/mol. The Morgan fingerprint density at radius 2 is 1.69 bits per heavy atom. The van der Waals surface area contributed by atoms with Crippen molar-refractivity contribution in [2.75, 3.05) is 23.4 Å². The van der Waals surface area contributed by atoms with Gasteiger partial charge >= 0.3 is 0 Å². The molecule has 16 heavy (non-hydrogen) atoms. The zero-order chi connectivity index (χ0) is 11.4. The van der Waals surface area contributed by atoms with Gasteiger partial charge in [-0.15, -0.1) is 0 Å². The van der Waals surface area contributed by atoms with Crippen LogP contribution in [0.15, 0.2) is 48.5 Å². The maximum atomic E-state index is 5.86. The zero-order valence-electron chi connectivity index (χ0n) is 9.20. The van der Waals surface area contributed by atoms with Crippen LogP contribution in [0, 0.1) is 0 Å². The number of para-hydroxylation sites is 2. The van der Waals surface area contributed by atoms with Gasteiger partial charge in [-0.2, -0.15) is 0 Å². The summed E-state index contributed by atoms with van der Waals surface area (Å²) in [4.78, 5) is 0. The molecule has 0 aliphatic carbocycles. The molecule has 3 heteroatoms. The summed E-state index contributed by atoms with van der Waals surface area (Å²) in [6.07, 6.45) is 0. The highest BCUT2D eigenvalue weighted by Gasteiger charge is 1.98. The first-order valence-electron chi connectivity index (χ1n) is 5.19. The molecule has 0 amide bonds. The Hall–Kier alpha value is -2.16. The minimum atomic E-state index is 0.748. The molecule has 0 saturated carbocycles. The van der Waals surface area contributed by atoms with Gasteiger partial charge in [0.1, 0.15) is 0 Å². The van der Waals surface area contributed by atoms with Crippen molar-refractivity contribution in [2.24, 2.45) is 0 Å². The smallest absolute Gasteiger partial charge is 0.0617 e. The highest BCUT2D eigenvalue weighted by molar-refractivity contribution is 5.73. The summed E-state index contributed by atoms with van der Waals surface area (Å²) in [5, 5.41) is 6.38. The summed E-state index contributed by atoms with van der Waals surface area (Å²) in [6.45, 7) is 0. The monoisotopic (exact) mass is 213 g/mol. The van der Waals surface area contributed by atoms with Crippen molar-refractivity contribution in [1.82, 2.24) is 0 Å². The highest BCUT2D eigenvalue weighted by atomic mass is 14.9. The van der Waals surface area contributed by atoms with Crippen LogP contribution in [-0.2, 0) is 0 Å². The van der Waals surface area contributed by atoms with Gasteiger partial charge in [0, 0.05) is 18.4 Å². The van der Waals surface area contributed by atoms with E-state index in [2.05, 4.69) is 10.6 Å². The van der Waals surface area contributed by atoms with E-state index in [1.165, 1.54) is 0 Å². The fourth-order valence-corrected chi connectivity index (χ4v) is 1.52. The maximum absolute atomic E-state index is 5.86. The quantitative estimate of drug-likeness (QED) is 0.687. The average molecular weight is 213 g/mol. The molecular formula is C13H15N3. The van der Waals surface area contributed by atoms with Gasteiger partial charge in [0.05, 0.1) is 11.4 Å². The maximum Gasteiger partial charge on any atom is 0.0617 e. The Bertz CT molecular complexity index is 480. The summed E-state index contributed by atoms with van der Waals surface area (Å²) >= 11 is 0. The van der Waals surface area contributed by atoms with Crippen LogP contribution in [0.1, 0.15) is 0 Å². The van der Waals surface area contributed by atoms with Gasteiger partial charge in [-0.25, -0.2) is 0 Å². The summed E-state index contributed by atoms with van der Waals surface area (Å²) in [5.41, 5.74) is 9.62. The van der Waals surface area contributed by atoms with Crippen LogP contribution in [0.25, 0.3) is 0 Å². The van der Waals surface area contributed by atoms with Crippen molar-refractivity contribution >= 4 is 22.7 Å². The van der Waals surface area contributed by atoms with Gasteiger partial charge in [0.2, 0.25) is 0 Å². The number of nitrogens with two attached hydrogens (primary N) is 1. The first-order valence-corrected chi connectivity index (χ1v) is 5.19. The molecule has 0 aromatic heterocycles.